The number of amides is 2. The number of likely N-dealkylation sites (tertiary alicyclic amines) is 1. The van der Waals surface area contributed by atoms with E-state index in [0.29, 0.717) is 4.90 Å². The van der Waals surface area contributed by atoms with Crippen molar-refractivity contribution < 1.29 is 51.3 Å². The van der Waals surface area contributed by atoms with Crippen molar-refractivity contribution in [2.75, 3.05) is 27.3 Å². The number of carbonyl (C=O) groups excluding carboxylic acids is 4. The standard InChI is InChI=1S/C22H29F3N2O8/c1-20(2,3)35-19(31)27-11-12-15-13(8-6-7-9-26(15)18(30)22(23,24)25)34-21(12,10-14(28)32-4)16(27)17(29)33-5/h6,8,12-13,15-16H,7,9-11H2,1-5H3/t12-,13-,15-,16-,21+/m1/s1. The van der Waals surface area contributed by atoms with Crippen LogP contribution in [-0.2, 0) is 33.3 Å². The maximum atomic E-state index is 13.5. The van der Waals surface area contributed by atoms with Crippen molar-refractivity contribution in [2.45, 2.75) is 69.2 Å². The van der Waals surface area contributed by atoms with Crippen LogP contribution in [0.3, 0.4) is 0 Å². The van der Waals surface area contributed by atoms with E-state index in [1.807, 2.05) is 0 Å². The van der Waals surface area contributed by atoms with Gasteiger partial charge in [-0.05, 0) is 27.2 Å². The highest BCUT2D eigenvalue weighted by molar-refractivity contribution is 5.86. The molecule has 2 amide bonds. The van der Waals surface area contributed by atoms with Crippen LogP contribution in [-0.4, -0.2) is 96.6 Å². The molecule has 0 unspecified atom stereocenters. The molecule has 0 aromatic heterocycles. The normalized spacial score (nSPS) is 30.3. The molecular weight excluding hydrogens is 477 g/mol. The van der Waals surface area contributed by atoms with Crippen LogP contribution in [0.4, 0.5) is 18.0 Å². The van der Waals surface area contributed by atoms with Crippen LogP contribution in [0.5, 0.6) is 0 Å². The molecule has 0 saturated carbocycles. The molecule has 5 atom stereocenters. The first-order valence-electron chi connectivity index (χ1n) is 11.0. The Morgan fingerprint density at radius 2 is 1.74 bits per heavy atom. The third-order valence-electron chi connectivity index (χ3n) is 6.33. The maximum Gasteiger partial charge on any atom is 0.471 e. The number of halogens is 3. The topological polar surface area (TPSA) is 112 Å². The summed E-state index contributed by atoms with van der Waals surface area (Å²) in [6.45, 7) is 4.23. The smallest absolute Gasteiger partial charge is 0.469 e. The van der Waals surface area contributed by atoms with Gasteiger partial charge in [-0.3, -0.25) is 14.5 Å². The largest absolute Gasteiger partial charge is 0.471 e. The predicted octanol–water partition coefficient (Wildman–Crippen LogP) is 1.81. The molecule has 13 heteroatoms. The van der Waals surface area contributed by atoms with Gasteiger partial charge in [0.2, 0.25) is 0 Å². The molecule has 3 aliphatic rings. The summed E-state index contributed by atoms with van der Waals surface area (Å²) in [5, 5.41) is 0. The van der Waals surface area contributed by atoms with E-state index in [2.05, 4.69) is 0 Å². The number of esters is 2. The van der Waals surface area contributed by atoms with Gasteiger partial charge in [-0.2, -0.15) is 13.2 Å². The number of alkyl halides is 3. The summed E-state index contributed by atoms with van der Waals surface area (Å²) in [7, 11) is 2.18. The lowest BCUT2D eigenvalue weighted by Crippen LogP contribution is -2.56. The minimum absolute atomic E-state index is 0.144. The van der Waals surface area contributed by atoms with Crippen LogP contribution >= 0.6 is 0 Å². The van der Waals surface area contributed by atoms with E-state index in [-0.39, 0.29) is 19.5 Å². The van der Waals surface area contributed by atoms with Crippen molar-refractivity contribution in [3.05, 3.63) is 12.2 Å². The van der Waals surface area contributed by atoms with Crippen LogP contribution in [0.15, 0.2) is 12.2 Å². The van der Waals surface area contributed by atoms with Gasteiger partial charge in [-0.25, -0.2) is 9.59 Å². The average Bonchev–Trinajstić information content (AvgIpc) is 3.12. The first-order valence-corrected chi connectivity index (χ1v) is 11.0. The fourth-order valence-electron chi connectivity index (χ4n) is 5.09. The Bertz CT molecular complexity index is 915. The Morgan fingerprint density at radius 3 is 2.29 bits per heavy atom. The second-order valence-corrected chi connectivity index (χ2v) is 9.66. The molecule has 0 radical (unpaired) electrons. The second-order valence-electron chi connectivity index (χ2n) is 9.66. The Hall–Kier alpha value is -2.83. The van der Waals surface area contributed by atoms with Gasteiger partial charge in [-0.15, -0.1) is 0 Å². The zero-order chi connectivity index (χ0) is 26.3. The van der Waals surface area contributed by atoms with Gasteiger partial charge < -0.3 is 23.8 Å². The fraction of sp³-hybridized carbons (Fsp3) is 0.727. The van der Waals surface area contributed by atoms with Crippen LogP contribution in [0.2, 0.25) is 0 Å². The molecule has 196 valence electrons. The molecule has 10 nitrogen and oxygen atoms in total. The van der Waals surface area contributed by atoms with E-state index >= 15 is 0 Å². The molecule has 3 aliphatic heterocycles. The Balaban J connectivity index is 2.15. The lowest BCUT2D eigenvalue weighted by molar-refractivity contribution is -0.189. The van der Waals surface area contributed by atoms with E-state index in [1.54, 1.807) is 26.8 Å². The SMILES string of the molecule is COC(=O)C[C@]12O[C@@H]3C=CCCN(C(=O)C(F)(F)F)[C@@H]3[C@H]1CN(C(=O)OC(C)(C)C)[C@@H]2C(=O)OC. The minimum Gasteiger partial charge on any atom is -0.469 e. The minimum atomic E-state index is -5.16. The van der Waals surface area contributed by atoms with Crippen molar-refractivity contribution in [1.29, 1.82) is 0 Å². The van der Waals surface area contributed by atoms with E-state index in [1.165, 1.54) is 6.08 Å². The second kappa shape index (κ2) is 9.32. The number of hydrogen-bond acceptors (Lipinski definition) is 8. The predicted molar refractivity (Wildman–Crippen MR) is 112 cm³/mol. The number of carbonyl (C=O) groups is 4. The van der Waals surface area contributed by atoms with Crippen molar-refractivity contribution in [2.24, 2.45) is 5.92 Å². The van der Waals surface area contributed by atoms with Crippen molar-refractivity contribution in [1.82, 2.24) is 9.80 Å². The summed E-state index contributed by atoms with van der Waals surface area (Å²) >= 11 is 0. The first kappa shape index (κ1) is 26.8. The summed E-state index contributed by atoms with van der Waals surface area (Å²) < 4.78 is 61.7. The van der Waals surface area contributed by atoms with Gasteiger partial charge in [-0.1, -0.05) is 12.2 Å². The number of hydrogen-bond donors (Lipinski definition) is 0. The Kier molecular flexibility index (Phi) is 7.13. The monoisotopic (exact) mass is 506 g/mol. The van der Waals surface area contributed by atoms with Crippen LogP contribution in [0.25, 0.3) is 0 Å². The molecule has 3 rings (SSSR count). The molecule has 0 N–H and O–H groups in total. The van der Waals surface area contributed by atoms with Gasteiger partial charge in [0.05, 0.1) is 32.8 Å². The summed E-state index contributed by atoms with van der Waals surface area (Å²) in [4.78, 5) is 52.5. The van der Waals surface area contributed by atoms with E-state index < -0.39 is 71.8 Å². The van der Waals surface area contributed by atoms with E-state index in [9.17, 15) is 32.3 Å². The molecule has 0 spiro atoms. The van der Waals surface area contributed by atoms with E-state index in [0.717, 1.165) is 19.1 Å². The molecule has 0 aromatic rings. The highest BCUT2D eigenvalue weighted by Gasteiger charge is 2.70. The van der Waals surface area contributed by atoms with Gasteiger partial charge in [0, 0.05) is 19.0 Å². The highest BCUT2D eigenvalue weighted by atomic mass is 19.4. The van der Waals surface area contributed by atoms with Gasteiger partial charge >= 0.3 is 30.1 Å². The molecule has 0 bridgehead atoms. The van der Waals surface area contributed by atoms with Crippen molar-refractivity contribution in [3.63, 3.8) is 0 Å². The molecule has 35 heavy (non-hydrogen) atoms. The first-order chi connectivity index (χ1) is 16.2. The van der Waals surface area contributed by atoms with E-state index in [4.69, 9.17) is 18.9 Å². The zero-order valence-corrected chi connectivity index (χ0v) is 20.1. The van der Waals surface area contributed by atoms with Gasteiger partial charge in [0.1, 0.15) is 11.2 Å². The Morgan fingerprint density at radius 1 is 1.09 bits per heavy atom. The van der Waals surface area contributed by atoms with Crippen LogP contribution in [0.1, 0.15) is 33.6 Å². The number of fused-ring (bicyclic) bond motifs is 3. The van der Waals surface area contributed by atoms with Crippen LogP contribution < -0.4 is 0 Å². The summed E-state index contributed by atoms with van der Waals surface area (Å²) in [5.41, 5.74) is -2.78. The maximum absolute atomic E-state index is 13.5. The molecule has 2 fully saturated rings. The number of methoxy groups -OCH3 is 2. The lowest BCUT2D eigenvalue weighted by Gasteiger charge is -2.35. The number of rotatable bonds is 3. The van der Waals surface area contributed by atoms with Gasteiger partial charge in [0.15, 0.2) is 6.04 Å². The highest BCUT2D eigenvalue weighted by Crippen LogP contribution is 2.52. The van der Waals surface area contributed by atoms with Crippen LogP contribution in [0, 0.1) is 5.92 Å². The summed E-state index contributed by atoms with van der Waals surface area (Å²) in [6.07, 6.45) is -4.50. The third kappa shape index (κ3) is 4.95. The molecule has 0 aliphatic carbocycles. The molecule has 0 aromatic carbocycles. The molecular formula is C22H29F3N2O8. The summed E-state index contributed by atoms with van der Waals surface area (Å²) in [6, 6.07) is -2.75. The average molecular weight is 506 g/mol. The molecule has 2 saturated heterocycles. The lowest BCUT2D eigenvalue weighted by atomic mass is 9.79. The molecule has 3 heterocycles. The van der Waals surface area contributed by atoms with Gasteiger partial charge in [0.25, 0.3) is 0 Å². The Labute approximate surface area is 200 Å². The summed E-state index contributed by atoms with van der Waals surface area (Å²) in [5.74, 6) is -4.89. The van der Waals surface area contributed by atoms with Crippen molar-refractivity contribution >= 4 is 23.9 Å². The number of ether oxygens (including phenoxy) is 4. The van der Waals surface area contributed by atoms with Crippen molar-refractivity contribution in [3.8, 4) is 0 Å². The third-order valence-corrected chi connectivity index (χ3v) is 6.33. The quantitative estimate of drug-likeness (QED) is 0.324. The number of nitrogens with zero attached hydrogens (tertiary/aromatic N) is 2. The fourth-order valence-corrected chi connectivity index (χ4v) is 5.09. The zero-order valence-electron chi connectivity index (χ0n) is 20.1.